The molecule has 0 saturated heterocycles. The minimum Gasteiger partial charge on any atom is -0.252 e. The first-order chi connectivity index (χ1) is 15.6. The van der Waals surface area contributed by atoms with E-state index >= 15 is 0 Å². The van der Waals surface area contributed by atoms with Gasteiger partial charge in [0.2, 0.25) is 0 Å². The molecule has 1 aliphatic carbocycles. The standard InChI is InChI=1S/C26H25F2N5/c1-25(2,3)24-29-15-33(32-24)23-10-6-8-21(31-23)18-14-26(18,4)22-9-5-7-20(30-22)17-12-11-16(27)13-19(17)28/h5-13,15,18H,14H2,1-4H3. The zero-order chi connectivity index (χ0) is 23.4. The van der Waals surface area contributed by atoms with E-state index < -0.39 is 11.6 Å². The van der Waals surface area contributed by atoms with Gasteiger partial charge in [-0.3, -0.25) is 4.98 Å². The van der Waals surface area contributed by atoms with Crippen molar-refractivity contribution < 1.29 is 8.78 Å². The van der Waals surface area contributed by atoms with Crippen LogP contribution in [0.5, 0.6) is 0 Å². The molecule has 0 N–H and O–H groups in total. The van der Waals surface area contributed by atoms with Gasteiger partial charge in [-0.1, -0.05) is 39.8 Å². The lowest BCUT2D eigenvalue weighted by Gasteiger charge is -2.13. The highest BCUT2D eigenvalue weighted by Gasteiger charge is 2.54. The van der Waals surface area contributed by atoms with E-state index in [0.29, 0.717) is 11.3 Å². The number of pyridine rings is 2. The van der Waals surface area contributed by atoms with Gasteiger partial charge >= 0.3 is 0 Å². The van der Waals surface area contributed by atoms with E-state index in [1.807, 2.05) is 30.3 Å². The third-order valence-corrected chi connectivity index (χ3v) is 6.29. The number of hydrogen-bond donors (Lipinski definition) is 0. The van der Waals surface area contributed by atoms with Crippen LogP contribution >= 0.6 is 0 Å². The lowest BCUT2D eigenvalue weighted by atomic mass is 9.96. The maximum atomic E-state index is 14.3. The van der Waals surface area contributed by atoms with Crippen molar-refractivity contribution in [2.75, 3.05) is 0 Å². The van der Waals surface area contributed by atoms with Crippen molar-refractivity contribution in [2.45, 2.75) is 50.9 Å². The summed E-state index contributed by atoms with van der Waals surface area (Å²) in [6, 6.07) is 15.1. The van der Waals surface area contributed by atoms with Gasteiger partial charge in [-0.05, 0) is 42.8 Å². The van der Waals surface area contributed by atoms with E-state index in [4.69, 9.17) is 9.97 Å². The molecule has 168 valence electrons. The van der Waals surface area contributed by atoms with Crippen LogP contribution in [0.1, 0.15) is 57.2 Å². The Bertz CT molecular complexity index is 1340. The van der Waals surface area contributed by atoms with Gasteiger partial charge in [0.05, 0.1) is 5.69 Å². The largest absolute Gasteiger partial charge is 0.252 e. The Balaban J connectivity index is 1.43. The molecule has 3 aromatic heterocycles. The Hall–Kier alpha value is -3.48. The van der Waals surface area contributed by atoms with Gasteiger partial charge in [-0.2, -0.15) is 0 Å². The van der Waals surface area contributed by atoms with Crippen LogP contribution in [-0.2, 0) is 10.8 Å². The number of benzene rings is 1. The summed E-state index contributed by atoms with van der Waals surface area (Å²) in [7, 11) is 0. The van der Waals surface area contributed by atoms with Crippen LogP contribution in [0.3, 0.4) is 0 Å². The first-order valence-corrected chi connectivity index (χ1v) is 11.0. The molecular weight excluding hydrogens is 420 g/mol. The molecule has 33 heavy (non-hydrogen) atoms. The molecule has 0 amide bonds. The molecule has 5 nitrogen and oxygen atoms in total. The summed E-state index contributed by atoms with van der Waals surface area (Å²) < 4.78 is 29.3. The molecule has 0 aliphatic heterocycles. The fourth-order valence-electron chi connectivity index (χ4n) is 4.16. The summed E-state index contributed by atoms with van der Waals surface area (Å²) in [5.74, 6) is 0.451. The van der Waals surface area contributed by atoms with Gasteiger partial charge < -0.3 is 0 Å². The van der Waals surface area contributed by atoms with Gasteiger partial charge in [0.15, 0.2) is 11.6 Å². The molecule has 2 unspecified atom stereocenters. The molecule has 1 aliphatic rings. The van der Waals surface area contributed by atoms with Crippen molar-refractivity contribution in [1.29, 1.82) is 0 Å². The van der Waals surface area contributed by atoms with E-state index in [-0.39, 0.29) is 16.7 Å². The SMILES string of the molecule is CC(C)(C)c1ncn(-c2cccc(C3CC3(C)c3cccc(-c4ccc(F)cc4F)n3)n2)n1. The molecule has 7 heteroatoms. The smallest absolute Gasteiger partial charge is 0.156 e. The van der Waals surface area contributed by atoms with Crippen LogP contribution in [0.25, 0.3) is 17.1 Å². The average molecular weight is 446 g/mol. The maximum absolute atomic E-state index is 14.3. The van der Waals surface area contributed by atoms with Crippen LogP contribution in [0.2, 0.25) is 0 Å². The summed E-state index contributed by atoms with van der Waals surface area (Å²) in [6.45, 7) is 8.37. The second kappa shape index (κ2) is 7.54. The van der Waals surface area contributed by atoms with Crippen molar-refractivity contribution in [3.63, 3.8) is 0 Å². The number of aromatic nitrogens is 5. The summed E-state index contributed by atoms with van der Waals surface area (Å²) >= 11 is 0. The summed E-state index contributed by atoms with van der Waals surface area (Å²) in [5, 5.41) is 4.60. The molecule has 0 radical (unpaired) electrons. The number of halogens is 2. The monoisotopic (exact) mass is 445 g/mol. The molecule has 1 aromatic carbocycles. The Morgan fingerprint density at radius 1 is 1.00 bits per heavy atom. The Labute approximate surface area is 191 Å². The van der Waals surface area contributed by atoms with Crippen LogP contribution in [-0.4, -0.2) is 24.7 Å². The predicted molar refractivity (Wildman–Crippen MR) is 122 cm³/mol. The lowest BCUT2D eigenvalue weighted by molar-refractivity contribution is 0.543. The third-order valence-electron chi connectivity index (χ3n) is 6.29. The molecule has 4 aromatic rings. The van der Waals surface area contributed by atoms with E-state index in [2.05, 4.69) is 37.8 Å². The van der Waals surface area contributed by atoms with Gasteiger partial charge in [0.1, 0.15) is 18.0 Å². The van der Waals surface area contributed by atoms with E-state index in [1.165, 1.54) is 12.1 Å². The highest BCUT2D eigenvalue weighted by Crippen LogP contribution is 2.59. The van der Waals surface area contributed by atoms with Gasteiger partial charge in [0, 0.05) is 39.8 Å². The summed E-state index contributed by atoms with van der Waals surface area (Å²) in [4.78, 5) is 14.0. The first kappa shape index (κ1) is 21.4. The zero-order valence-corrected chi connectivity index (χ0v) is 19.0. The quantitative estimate of drug-likeness (QED) is 0.402. The normalized spacial score (nSPS) is 20.1. The Kier molecular flexibility index (Phi) is 4.88. The molecule has 0 spiro atoms. The molecule has 1 saturated carbocycles. The summed E-state index contributed by atoms with van der Waals surface area (Å²) in [6.07, 6.45) is 2.58. The second-order valence-electron chi connectivity index (χ2n) is 9.89. The van der Waals surface area contributed by atoms with Crippen LogP contribution in [0, 0.1) is 11.6 Å². The van der Waals surface area contributed by atoms with E-state index in [0.717, 1.165) is 35.5 Å². The average Bonchev–Trinajstić information content (AvgIpc) is 3.23. The molecule has 1 fully saturated rings. The van der Waals surface area contributed by atoms with Crippen molar-refractivity contribution >= 4 is 0 Å². The Morgan fingerprint density at radius 3 is 2.52 bits per heavy atom. The minimum atomic E-state index is -0.617. The topological polar surface area (TPSA) is 56.5 Å². The van der Waals surface area contributed by atoms with Crippen molar-refractivity contribution in [2.24, 2.45) is 0 Å². The molecule has 3 heterocycles. The first-order valence-electron chi connectivity index (χ1n) is 11.0. The third kappa shape index (κ3) is 3.92. The summed E-state index contributed by atoms with van der Waals surface area (Å²) in [5.41, 5.74) is 2.27. The highest BCUT2D eigenvalue weighted by atomic mass is 19.1. The number of nitrogens with zero attached hydrogens (tertiary/aromatic N) is 5. The zero-order valence-electron chi connectivity index (χ0n) is 19.0. The van der Waals surface area contributed by atoms with Crippen molar-refractivity contribution in [1.82, 2.24) is 24.7 Å². The van der Waals surface area contributed by atoms with Crippen molar-refractivity contribution in [3.8, 4) is 17.1 Å². The van der Waals surface area contributed by atoms with E-state index in [9.17, 15) is 8.78 Å². The fraction of sp³-hybridized carbons (Fsp3) is 0.308. The van der Waals surface area contributed by atoms with Gasteiger partial charge in [-0.15, -0.1) is 5.10 Å². The number of hydrogen-bond acceptors (Lipinski definition) is 4. The molecule has 2 atom stereocenters. The van der Waals surface area contributed by atoms with Crippen molar-refractivity contribution in [3.05, 3.63) is 89.8 Å². The van der Waals surface area contributed by atoms with Gasteiger partial charge in [0.25, 0.3) is 0 Å². The maximum Gasteiger partial charge on any atom is 0.156 e. The van der Waals surface area contributed by atoms with Crippen LogP contribution in [0.4, 0.5) is 8.78 Å². The number of rotatable bonds is 4. The van der Waals surface area contributed by atoms with Gasteiger partial charge in [-0.25, -0.2) is 23.4 Å². The second-order valence-corrected chi connectivity index (χ2v) is 9.89. The predicted octanol–water partition coefficient (Wildman–Crippen LogP) is 5.75. The Morgan fingerprint density at radius 2 is 1.79 bits per heavy atom. The van der Waals surface area contributed by atoms with Crippen LogP contribution < -0.4 is 0 Å². The molecular formula is C26H25F2N5. The highest BCUT2D eigenvalue weighted by molar-refractivity contribution is 5.60. The fourth-order valence-corrected chi connectivity index (χ4v) is 4.16. The minimum absolute atomic E-state index is 0.140. The van der Waals surface area contributed by atoms with E-state index in [1.54, 1.807) is 17.1 Å². The molecule has 0 bridgehead atoms. The van der Waals surface area contributed by atoms with Crippen LogP contribution in [0.15, 0.2) is 60.9 Å². The lowest BCUT2D eigenvalue weighted by Crippen LogP contribution is -2.14. The molecule has 5 rings (SSSR count).